The van der Waals surface area contributed by atoms with Gasteiger partial charge < -0.3 is 9.47 Å². The molecule has 0 unspecified atom stereocenters. The smallest absolute Gasteiger partial charge is 0.251 e. The van der Waals surface area contributed by atoms with Crippen LogP contribution in [0.1, 0.15) is 18.4 Å². The predicted octanol–water partition coefficient (Wildman–Crippen LogP) is 2.05. The van der Waals surface area contributed by atoms with E-state index in [0.29, 0.717) is 19.6 Å². The summed E-state index contributed by atoms with van der Waals surface area (Å²) < 4.78 is 28.9. The number of aromatic nitrogens is 1. The Bertz CT molecular complexity index is 1030. The number of hydrogen-bond donors (Lipinski definition) is 0. The molecule has 1 aromatic carbocycles. The summed E-state index contributed by atoms with van der Waals surface area (Å²) in [6.07, 6.45) is 2.93. The van der Waals surface area contributed by atoms with Crippen LogP contribution in [-0.4, -0.2) is 48.2 Å². The Kier molecular flexibility index (Phi) is 6.36. The van der Waals surface area contributed by atoms with Crippen molar-refractivity contribution in [2.24, 2.45) is 0 Å². The average molecular weight is 468 g/mol. The fraction of sp³-hybridized carbons (Fsp3) is 0.368. The van der Waals surface area contributed by atoms with Crippen LogP contribution in [0.3, 0.4) is 0 Å². The van der Waals surface area contributed by atoms with Crippen LogP contribution in [0, 0.1) is 0 Å². The largest absolute Gasteiger partial charge is 0.340 e. The molecule has 0 aliphatic carbocycles. The quantitative estimate of drug-likeness (QED) is 0.650. The zero-order valence-electron chi connectivity index (χ0n) is 15.5. The monoisotopic (exact) mass is 467 g/mol. The molecule has 150 valence electrons. The molecule has 0 radical (unpaired) electrons. The summed E-state index contributed by atoms with van der Waals surface area (Å²) in [4.78, 5) is 26.3. The van der Waals surface area contributed by atoms with Gasteiger partial charge in [0.05, 0.1) is 4.90 Å². The van der Waals surface area contributed by atoms with Crippen molar-refractivity contribution in [3.63, 3.8) is 0 Å². The van der Waals surface area contributed by atoms with Crippen molar-refractivity contribution in [3.8, 4) is 0 Å². The van der Waals surface area contributed by atoms with Gasteiger partial charge in [0.2, 0.25) is 15.9 Å². The van der Waals surface area contributed by atoms with Gasteiger partial charge in [-0.3, -0.25) is 9.59 Å². The van der Waals surface area contributed by atoms with Crippen LogP contribution in [0.15, 0.2) is 56.8 Å². The topological polar surface area (TPSA) is 79.7 Å². The van der Waals surface area contributed by atoms with E-state index in [2.05, 4.69) is 15.9 Å². The highest BCUT2D eigenvalue weighted by Crippen LogP contribution is 2.20. The Hall–Kier alpha value is -1.97. The highest BCUT2D eigenvalue weighted by molar-refractivity contribution is 9.10. The molecule has 1 fully saturated rings. The number of likely N-dealkylation sites (N-methyl/N-ethyl adjacent to an activating group) is 1. The molecular weight excluding hydrogens is 446 g/mol. The van der Waals surface area contributed by atoms with Crippen LogP contribution in [0.25, 0.3) is 0 Å². The SMILES string of the molecule is CN(Cc1ccccc1Br)C(=O)Cn1cc(S(=O)(=O)N2CCCC2)ccc1=O. The zero-order chi connectivity index (χ0) is 20.3. The van der Waals surface area contributed by atoms with Crippen molar-refractivity contribution in [2.45, 2.75) is 30.8 Å². The molecule has 0 saturated carbocycles. The van der Waals surface area contributed by atoms with Gasteiger partial charge >= 0.3 is 0 Å². The van der Waals surface area contributed by atoms with Crippen molar-refractivity contribution in [1.82, 2.24) is 13.8 Å². The number of benzene rings is 1. The first-order chi connectivity index (χ1) is 13.3. The first-order valence-corrected chi connectivity index (χ1v) is 11.2. The molecule has 1 aliphatic rings. The molecule has 28 heavy (non-hydrogen) atoms. The highest BCUT2D eigenvalue weighted by atomic mass is 79.9. The van der Waals surface area contributed by atoms with Gasteiger partial charge in [-0.1, -0.05) is 34.1 Å². The third kappa shape index (κ3) is 4.53. The van der Waals surface area contributed by atoms with Crippen molar-refractivity contribution < 1.29 is 13.2 Å². The van der Waals surface area contributed by atoms with E-state index in [4.69, 9.17) is 0 Å². The van der Waals surface area contributed by atoms with Gasteiger partial charge in [0.1, 0.15) is 6.54 Å². The van der Waals surface area contributed by atoms with E-state index >= 15 is 0 Å². The van der Waals surface area contributed by atoms with Gasteiger partial charge in [-0.2, -0.15) is 4.31 Å². The number of pyridine rings is 1. The van der Waals surface area contributed by atoms with Crippen molar-refractivity contribution in [3.05, 3.63) is 63.0 Å². The minimum Gasteiger partial charge on any atom is -0.340 e. The number of hydrogen-bond acceptors (Lipinski definition) is 4. The van der Waals surface area contributed by atoms with Crippen LogP contribution in [0.4, 0.5) is 0 Å². The molecule has 1 amide bonds. The fourth-order valence-corrected chi connectivity index (χ4v) is 5.05. The number of nitrogens with zero attached hydrogens (tertiary/aromatic N) is 3. The second-order valence-electron chi connectivity index (χ2n) is 6.78. The highest BCUT2D eigenvalue weighted by Gasteiger charge is 2.27. The summed E-state index contributed by atoms with van der Waals surface area (Å²) in [6.45, 7) is 1.12. The standard InChI is InChI=1S/C19H22BrN3O4S/c1-21(12-15-6-2-3-7-17(15)20)19(25)14-22-13-16(8-9-18(22)24)28(26,27)23-10-4-5-11-23/h2-3,6-9,13H,4-5,10-12,14H2,1H3. The van der Waals surface area contributed by atoms with E-state index in [9.17, 15) is 18.0 Å². The summed E-state index contributed by atoms with van der Waals surface area (Å²) >= 11 is 3.45. The molecule has 2 heterocycles. The molecule has 7 nitrogen and oxygen atoms in total. The maximum absolute atomic E-state index is 12.7. The third-order valence-corrected chi connectivity index (χ3v) is 7.41. The van der Waals surface area contributed by atoms with Gasteiger partial charge in [0.25, 0.3) is 5.56 Å². The molecule has 0 bridgehead atoms. The van der Waals surface area contributed by atoms with Crippen molar-refractivity contribution in [1.29, 1.82) is 0 Å². The number of sulfonamides is 1. The lowest BCUT2D eigenvalue weighted by Crippen LogP contribution is -2.34. The average Bonchev–Trinajstić information content (AvgIpc) is 3.20. The fourth-order valence-electron chi connectivity index (χ4n) is 3.10. The van der Waals surface area contributed by atoms with Crippen LogP contribution in [-0.2, 0) is 27.9 Å². The Morgan fingerprint density at radius 1 is 1.14 bits per heavy atom. The van der Waals surface area contributed by atoms with E-state index in [1.165, 1.54) is 27.5 Å². The number of carbonyl (C=O) groups is 1. The normalized spacial score (nSPS) is 14.9. The van der Waals surface area contributed by atoms with Gasteiger partial charge in [0.15, 0.2) is 0 Å². The van der Waals surface area contributed by atoms with Gasteiger partial charge in [-0.25, -0.2) is 8.42 Å². The molecular formula is C19H22BrN3O4S. The van der Waals surface area contributed by atoms with E-state index < -0.39 is 15.6 Å². The Balaban J connectivity index is 1.77. The van der Waals surface area contributed by atoms with Crippen molar-refractivity contribution in [2.75, 3.05) is 20.1 Å². The number of rotatable bonds is 6. The zero-order valence-corrected chi connectivity index (χ0v) is 17.9. The molecule has 1 aliphatic heterocycles. The van der Waals surface area contributed by atoms with Gasteiger partial charge in [-0.15, -0.1) is 0 Å². The van der Waals surface area contributed by atoms with Crippen LogP contribution < -0.4 is 5.56 Å². The Labute approximate surface area is 172 Å². The Morgan fingerprint density at radius 2 is 1.82 bits per heavy atom. The molecule has 2 aromatic rings. The van der Waals surface area contributed by atoms with E-state index in [1.807, 2.05) is 24.3 Å². The van der Waals surface area contributed by atoms with Crippen LogP contribution in [0.5, 0.6) is 0 Å². The second kappa shape index (κ2) is 8.59. The summed E-state index contributed by atoms with van der Waals surface area (Å²) in [5.41, 5.74) is 0.527. The summed E-state index contributed by atoms with van der Waals surface area (Å²) in [5.74, 6) is -0.284. The maximum atomic E-state index is 12.7. The minimum absolute atomic E-state index is 0.0373. The van der Waals surface area contributed by atoms with E-state index in [-0.39, 0.29) is 17.3 Å². The summed E-state index contributed by atoms with van der Waals surface area (Å²) in [5, 5.41) is 0. The first kappa shape index (κ1) is 20.8. The van der Waals surface area contributed by atoms with Crippen molar-refractivity contribution >= 4 is 31.9 Å². The number of amides is 1. The van der Waals surface area contributed by atoms with E-state index in [1.54, 1.807) is 7.05 Å². The van der Waals surface area contributed by atoms with Crippen LogP contribution in [0.2, 0.25) is 0 Å². The van der Waals surface area contributed by atoms with Gasteiger partial charge in [-0.05, 0) is 30.5 Å². The molecule has 0 N–H and O–H groups in total. The molecule has 9 heteroatoms. The number of carbonyl (C=O) groups excluding carboxylic acids is 1. The lowest BCUT2D eigenvalue weighted by molar-refractivity contribution is -0.131. The maximum Gasteiger partial charge on any atom is 0.251 e. The molecule has 0 spiro atoms. The second-order valence-corrected chi connectivity index (χ2v) is 9.58. The lowest BCUT2D eigenvalue weighted by Gasteiger charge is -2.20. The molecule has 1 aromatic heterocycles. The predicted molar refractivity (Wildman–Crippen MR) is 109 cm³/mol. The van der Waals surface area contributed by atoms with Gasteiger partial charge in [0, 0.05) is 43.4 Å². The first-order valence-electron chi connectivity index (χ1n) is 8.97. The molecule has 1 saturated heterocycles. The molecule has 3 rings (SSSR count). The van der Waals surface area contributed by atoms with Crippen LogP contribution >= 0.6 is 15.9 Å². The number of halogens is 1. The summed E-state index contributed by atoms with van der Waals surface area (Å²) in [6, 6.07) is 10.1. The Morgan fingerprint density at radius 3 is 2.50 bits per heavy atom. The third-order valence-electron chi connectivity index (χ3n) is 4.76. The minimum atomic E-state index is -3.65. The van der Waals surface area contributed by atoms with E-state index in [0.717, 1.165) is 27.4 Å². The summed E-state index contributed by atoms with van der Waals surface area (Å²) in [7, 11) is -2.00. The lowest BCUT2D eigenvalue weighted by atomic mass is 10.2. The molecule has 0 atom stereocenters.